The highest BCUT2D eigenvalue weighted by Crippen LogP contribution is 2.13. The molecule has 7 nitrogen and oxygen atoms in total. The molecule has 0 saturated carbocycles. The Morgan fingerprint density at radius 1 is 1.24 bits per heavy atom. The van der Waals surface area contributed by atoms with Crippen molar-refractivity contribution >= 4 is 11.9 Å². The fraction of sp³-hybridized carbons (Fsp3) is 0.636. The number of piperidine rings is 1. The molecule has 0 unspecified atom stereocenters. The molecule has 162 valence electrons. The highest BCUT2D eigenvalue weighted by molar-refractivity contribution is 5.84. The predicted octanol–water partition coefficient (Wildman–Crippen LogP) is 1.70. The first-order chi connectivity index (χ1) is 14.1. The van der Waals surface area contributed by atoms with Crippen molar-refractivity contribution in [2.45, 2.75) is 38.8 Å². The lowest BCUT2D eigenvalue weighted by Crippen LogP contribution is -2.49. The summed E-state index contributed by atoms with van der Waals surface area (Å²) in [4.78, 5) is 20.5. The second kappa shape index (κ2) is 13.2. The van der Waals surface area contributed by atoms with Crippen molar-refractivity contribution in [3.8, 4) is 0 Å². The SMILES string of the molecule is CCOCCCNC(=NCC(=O)N(C)C)NC1CCN(Cc2ccccc2)CC1. The molecule has 2 N–H and O–H groups in total. The summed E-state index contributed by atoms with van der Waals surface area (Å²) < 4.78 is 5.39. The molecule has 1 fully saturated rings. The number of guanidine groups is 1. The molecular formula is C22H37N5O2. The highest BCUT2D eigenvalue weighted by atomic mass is 16.5. The molecule has 0 aromatic heterocycles. The number of carbonyl (C=O) groups excluding carboxylic acids is 1. The van der Waals surface area contributed by atoms with Gasteiger partial charge in [-0.1, -0.05) is 30.3 Å². The first-order valence-corrected chi connectivity index (χ1v) is 10.7. The largest absolute Gasteiger partial charge is 0.382 e. The van der Waals surface area contributed by atoms with Gasteiger partial charge in [0.2, 0.25) is 5.91 Å². The normalized spacial score (nSPS) is 15.9. The molecule has 1 aliphatic heterocycles. The molecule has 2 rings (SSSR count). The molecule has 1 heterocycles. The molecule has 1 amide bonds. The number of rotatable bonds is 10. The van der Waals surface area contributed by atoms with E-state index >= 15 is 0 Å². The number of hydrogen-bond donors (Lipinski definition) is 2. The lowest BCUT2D eigenvalue weighted by atomic mass is 10.0. The van der Waals surface area contributed by atoms with E-state index in [1.54, 1.807) is 19.0 Å². The Morgan fingerprint density at radius 3 is 2.62 bits per heavy atom. The van der Waals surface area contributed by atoms with Crippen molar-refractivity contribution in [1.29, 1.82) is 0 Å². The Bertz CT molecular complexity index is 613. The molecule has 0 atom stereocenters. The van der Waals surface area contributed by atoms with Gasteiger partial charge in [0.1, 0.15) is 6.54 Å². The van der Waals surface area contributed by atoms with Crippen molar-refractivity contribution < 1.29 is 9.53 Å². The van der Waals surface area contributed by atoms with Crippen LogP contribution in [0, 0.1) is 0 Å². The third-order valence-corrected chi connectivity index (χ3v) is 5.01. The third-order valence-electron chi connectivity index (χ3n) is 5.01. The van der Waals surface area contributed by atoms with E-state index in [9.17, 15) is 4.79 Å². The van der Waals surface area contributed by atoms with E-state index < -0.39 is 0 Å². The maximum absolute atomic E-state index is 11.9. The minimum atomic E-state index is -0.00176. The number of hydrogen-bond acceptors (Lipinski definition) is 4. The Kier molecular flexibility index (Phi) is 10.5. The Balaban J connectivity index is 1.80. The molecule has 0 spiro atoms. The quantitative estimate of drug-likeness (QED) is 0.354. The van der Waals surface area contributed by atoms with E-state index in [-0.39, 0.29) is 12.5 Å². The molecule has 1 aromatic carbocycles. The monoisotopic (exact) mass is 403 g/mol. The van der Waals surface area contributed by atoms with Gasteiger partial charge in [-0.3, -0.25) is 9.69 Å². The van der Waals surface area contributed by atoms with Crippen LogP contribution in [0.4, 0.5) is 0 Å². The van der Waals surface area contributed by atoms with Gasteiger partial charge in [-0.25, -0.2) is 4.99 Å². The number of amides is 1. The number of ether oxygens (including phenoxy) is 1. The summed E-state index contributed by atoms with van der Waals surface area (Å²) in [6.07, 6.45) is 3.04. The van der Waals surface area contributed by atoms with Gasteiger partial charge in [0, 0.05) is 59.5 Å². The summed E-state index contributed by atoms with van der Waals surface area (Å²) in [7, 11) is 3.51. The van der Waals surface area contributed by atoms with Crippen molar-refractivity contribution in [3.63, 3.8) is 0 Å². The zero-order valence-corrected chi connectivity index (χ0v) is 18.2. The molecule has 0 aliphatic carbocycles. The van der Waals surface area contributed by atoms with E-state index in [2.05, 4.69) is 50.9 Å². The summed E-state index contributed by atoms with van der Waals surface area (Å²) in [6, 6.07) is 11.0. The van der Waals surface area contributed by atoms with E-state index in [1.807, 2.05) is 6.92 Å². The molecule has 0 radical (unpaired) electrons. The zero-order valence-electron chi connectivity index (χ0n) is 18.2. The van der Waals surface area contributed by atoms with Crippen LogP contribution in [0.1, 0.15) is 31.7 Å². The van der Waals surface area contributed by atoms with Gasteiger partial charge in [-0.2, -0.15) is 0 Å². The first-order valence-electron chi connectivity index (χ1n) is 10.7. The van der Waals surface area contributed by atoms with Crippen LogP contribution in [-0.2, 0) is 16.1 Å². The van der Waals surface area contributed by atoms with Crippen LogP contribution >= 0.6 is 0 Å². The summed E-state index contributed by atoms with van der Waals surface area (Å²) >= 11 is 0. The predicted molar refractivity (Wildman–Crippen MR) is 118 cm³/mol. The fourth-order valence-electron chi connectivity index (χ4n) is 3.24. The minimum Gasteiger partial charge on any atom is -0.382 e. The van der Waals surface area contributed by atoms with Crippen LogP contribution < -0.4 is 10.6 Å². The maximum Gasteiger partial charge on any atom is 0.243 e. The standard InChI is InChI=1S/C22H37N5O2/c1-4-29-16-8-13-23-22(24-17-21(28)26(2)3)25-20-11-14-27(15-12-20)18-19-9-6-5-7-10-19/h5-7,9-10,20H,4,8,11-18H2,1-3H3,(H2,23,24,25). The Morgan fingerprint density at radius 2 is 1.97 bits per heavy atom. The number of likely N-dealkylation sites (N-methyl/N-ethyl adjacent to an activating group) is 1. The van der Waals surface area contributed by atoms with Crippen LogP contribution in [0.25, 0.3) is 0 Å². The number of carbonyl (C=O) groups is 1. The number of nitrogens with zero attached hydrogens (tertiary/aromatic N) is 3. The lowest BCUT2D eigenvalue weighted by Gasteiger charge is -2.33. The average molecular weight is 404 g/mol. The maximum atomic E-state index is 11.9. The summed E-state index contributed by atoms with van der Waals surface area (Å²) in [6.45, 7) is 7.50. The summed E-state index contributed by atoms with van der Waals surface area (Å²) in [5, 5.41) is 6.87. The molecule has 0 bridgehead atoms. The van der Waals surface area contributed by atoms with Gasteiger partial charge in [-0.05, 0) is 31.7 Å². The van der Waals surface area contributed by atoms with E-state index in [0.717, 1.165) is 64.6 Å². The number of benzene rings is 1. The summed E-state index contributed by atoms with van der Waals surface area (Å²) in [5.74, 6) is 0.719. The van der Waals surface area contributed by atoms with Crippen molar-refractivity contribution in [3.05, 3.63) is 35.9 Å². The topological polar surface area (TPSA) is 69.2 Å². The van der Waals surface area contributed by atoms with E-state index in [1.165, 1.54) is 5.56 Å². The Labute approximate surface area is 175 Å². The molecule has 1 saturated heterocycles. The van der Waals surface area contributed by atoms with Gasteiger partial charge in [0.25, 0.3) is 0 Å². The smallest absolute Gasteiger partial charge is 0.243 e. The van der Waals surface area contributed by atoms with Gasteiger partial charge in [-0.15, -0.1) is 0 Å². The van der Waals surface area contributed by atoms with E-state index in [4.69, 9.17) is 4.74 Å². The number of aliphatic imine (C=N–C) groups is 1. The molecule has 1 aliphatic rings. The van der Waals surface area contributed by atoms with Crippen LogP contribution in [0.5, 0.6) is 0 Å². The minimum absolute atomic E-state index is 0.00176. The lowest BCUT2D eigenvalue weighted by molar-refractivity contribution is -0.127. The molecular weight excluding hydrogens is 366 g/mol. The summed E-state index contributed by atoms with van der Waals surface area (Å²) in [5.41, 5.74) is 1.36. The number of likely N-dealkylation sites (tertiary alicyclic amines) is 1. The molecule has 29 heavy (non-hydrogen) atoms. The van der Waals surface area contributed by atoms with Crippen LogP contribution in [0.2, 0.25) is 0 Å². The second-order valence-corrected chi connectivity index (χ2v) is 7.61. The fourth-order valence-corrected chi connectivity index (χ4v) is 3.24. The van der Waals surface area contributed by atoms with Gasteiger partial charge >= 0.3 is 0 Å². The zero-order chi connectivity index (χ0) is 20.9. The van der Waals surface area contributed by atoms with Gasteiger partial charge in [0.05, 0.1) is 0 Å². The van der Waals surface area contributed by atoms with Crippen molar-refractivity contribution in [2.24, 2.45) is 4.99 Å². The highest BCUT2D eigenvalue weighted by Gasteiger charge is 2.20. The van der Waals surface area contributed by atoms with Crippen LogP contribution in [-0.4, -0.2) is 81.2 Å². The molecule has 7 heteroatoms. The van der Waals surface area contributed by atoms with Crippen LogP contribution in [0.3, 0.4) is 0 Å². The van der Waals surface area contributed by atoms with Gasteiger partial charge in [0.15, 0.2) is 5.96 Å². The van der Waals surface area contributed by atoms with Crippen LogP contribution in [0.15, 0.2) is 35.3 Å². The van der Waals surface area contributed by atoms with Crippen molar-refractivity contribution in [2.75, 3.05) is 53.5 Å². The Hall–Kier alpha value is -2.12. The first kappa shape index (κ1) is 23.2. The third kappa shape index (κ3) is 9.28. The second-order valence-electron chi connectivity index (χ2n) is 7.61. The number of nitrogens with one attached hydrogen (secondary N) is 2. The van der Waals surface area contributed by atoms with Crippen molar-refractivity contribution in [1.82, 2.24) is 20.4 Å². The average Bonchev–Trinajstić information content (AvgIpc) is 2.73. The van der Waals surface area contributed by atoms with E-state index in [0.29, 0.717) is 6.04 Å². The van der Waals surface area contributed by atoms with Gasteiger partial charge < -0.3 is 20.3 Å². The molecule has 1 aromatic rings.